The first-order valence-corrected chi connectivity index (χ1v) is 7.16. The average molecular weight is 241 g/mol. The summed E-state index contributed by atoms with van der Waals surface area (Å²) in [6.07, 6.45) is 6.48. The normalized spacial score (nSPS) is 12.2. The van der Waals surface area contributed by atoms with Crippen LogP contribution in [-0.2, 0) is 0 Å². The maximum atomic E-state index is 5.90. The van der Waals surface area contributed by atoms with Crippen LogP contribution in [0.4, 0.5) is 0 Å². The summed E-state index contributed by atoms with van der Waals surface area (Å²) in [6.45, 7) is 11.6. The van der Waals surface area contributed by atoms with Crippen molar-refractivity contribution in [1.82, 2.24) is 4.90 Å². The third-order valence-corrected chi connectivity index (χ3v) is 3.05. The van der Waals surface area contributed by atoms with E-state index in [2.05, 4.69) is 37.6 Å². The smallest absolute Gasteiger partial charge is 0.191 e. The number of aliphatic imine (C=N–C) groups is 1. The summed E-state index contributed by atoms with van der Waals surface area (Å²) >= 11 is 0. The van der Waals surface area contributed by atoms with Gasteiger partial charge >= 0.3 is 0 Å². The van der Waals surface area contributed by atoms with Gasteiger partial charge in [-0.05, 0) is 26.2 Å². The molecule has 0 radical (unpaired) electrons. The molecule has 0 aliphatic heterocycles. The van der Waals surface area contributed by atoms with Crippen LogP contribution in [-0.4, -0.2) is 30.5 Å². The van der Waals surface area contributed by atoms with Gasteiger partial charge in [0, 0.05) is 19.6 Å². The van der Waals surface area contributed by atoms with Crippen molar-refractivity contribution < 1.29 is 0 Å². The van der Waals surface area contributed by atoms with Gasteiger partial charge in [0.25, 0.3) is 0 Å². The van der Waals surface area contributed by atoms with Crippen LogP contribution in [0.5, 0.6) is 0 Å². The molecular formula is C14H31N3. The van der Waals surface area contributed by atoms with E-state index < -0.39 is 0 Å². The van der Waals surface area contributed by atoms with Gasteiger partial charge < -0.3 is 10.6 Å². The monoisotopic (exact) mass is 241 g/mol. The lowest BCUT2D eigenvalue weighted by Crippen LogP contribution is -2.37. The summed E-state index contributed by atoms with van der Waals surface area (Å²) in [4.78, 5) is 6.52. The number of rotatable bonds is 9. The van der Waals surface area contributed by atoms with Gasteiger partial charge in [0.15, 0.2) is 5.96 Å². The van der Waals surface area contributed by atoms with Gasteiger partial charge in [-0.2, -0.15) is 0 Å². The Morgan fingerprint density at radius 2 is 1.65 bits per heavy atom. The number of guanidine groups is 1. The van der Waals surface area contributed by atoms with Crippen molar-refractivity contribution in [2.24, 2.45) is 16.6 Å². The largest absolute Gasteiger partial charge is 0.370 e. The quantitative estimate of drug-likeness (QED) is 0.382. The van der Waals surface area contributed by atoms with E-state index in [1.807, 2.05) is 0 Å². The molecule has 0 saturated carbocycles. The molecule has 0 bridgehead atoms. The number of nitrogens with zero attached hydrogens (tertiary/aromatic N) is 2. The first-order chi connectivity index (χ1) is 8.11. The number of unbranched alkanes of at least 4 members (excludes halogenated alkanes) is 3. The predicted molar refractivity (Wildman–Crippen MR) is 77.3 cm³/mol. The van der Waals surface area contributed by atoms with Gasteiger partial charge in [-0.15, -0.1) is 0 Å². The van der Waals surface area contributed by atoms with E-state index in [9.17, 15) is 0 Å². The molecule has 0 atom stereocenters. The van der Waals surface area contributed by atoms with Crippen LogP contribution in [0.1, 0.15) is 59.8 Å². The Morgan fingerprint density at radius 1 is 1.06 bits per heavy atom. The molecule has 0 amide bonds. The molecule has 0 saturated heterocycles. The summed E-state index contributed by atoms with van der Waals surface area (Å²) in [6, 6.07) is 0. The third-order valence-electron chi connectivity index (χ3n) is 3.05. The molecule has 3 nitrogen and oxygen atoms in total. The fraction of sp³-hybridized carbons (Fsp3) is 0.929. The zero-order valence-electron chi connectivity index (χ0n) is 12.2. The molecular weight excluding hydrogens is 210 g/mol. The lowest BCUT2D eigenvalue weighted by atomic mass is 10.0. The maximum absolute atomic E-state index is 5.90. The second-order valence-electron chi connectivity index (χ2n) is 5.01. The summed E-state index contributed by atoms with van der Waals surface area (Å²) in [5.41, 5.74) is 5.90. The highest BCUT2D eigenvalue weighted by atomic mass is 15.2. The van der Waals surface area contributed by atoms with Crippen LogP contribution in [0.3, 0.4) is 0 Å². The Bertz CT molecular complexity index is 196. The van der Waals surface area contributed by atoms with E-state index in [-0.39, 0.29) is 0 Å². The lowest BCUT2D eigenvalue weighted by molar-refractivity contribution is 0.457. The van der Waals surface area contributed by atoms with Crippen LogP contribution in [0, 0.1) is 5.92 Å². The second-order valence-corrected chi connectivity index (χ2v) is 5.01. The number of hydrogen-bond acceptors (Lipinski definition) is 1. The molecule has 0 aromatic heterocycles. The van der Waals surface area contributed by atoms with Gasteiger partial charge in [0.1, 0.15) is 0 Å². The van der Waals surface area contributed by atoms with Crippen LogP contribution in [0.2, 0.25) is 0 Å². The molecule has 3 heteroatoms. The Kier molecular flexibility index (Phi) is 9.98. The highest BCUT2D eigenvalue weighted by molar-refractivity contribution is 5.77. The molecule has 0 spiro atoms. The Hall–Kier alpha value is -0.730. The fourth-order valence-corrected chi connectivity index (χ4v) is 1.86. The van der Waals surface area contributed by atoms with Gasteiger partial charge in [0.2, 0.25) is 0 Å². The van der Waals surface area contributed by atoms with Crippen LogP contribution in [0.15, 0.2) is 4.99 Å². The zero-order chi connectivity index (χ0) is 13.1. The van der Waals surface area contributed by atoms with Crippen molar-refractivity contribution in [3.63, 3.8) is 0 Å². The molecule has 102 valence electrons. The lowest BCUT2D eigenvalue weighted by Gasteiger charge is -2.19. The molecule has 0 aliphatic rings. The highest BCUT2D eigenvalue weighted by Crippen LogP contribution is 2.09. The Morgan fingerprint density at radius 3 is 2.18 bits per heavy atom. The van der Waals surface area contributed by atoms with Gasteiger partial charge in [-0.3, -0.25) is 4.99 Å². The summed E-state index contributed by atoms with van der Waals surface area (Å²) in [5.74, 6) is 1.54. The molecule has 0 heterocycles. The summed E-state index contributed by atoms with van der Waals surface area (Å²) < 4.78 is 0. The van der Waals surface area contributed by atoms with Crippen molar-refractivity contribution in [3.8, 4) is 0 Å². The van der Waals surface area contributed by atoms with E-state index >= 15 is 0 Å². The minimum atomic E-state index is 0.706. The topological polar surface area (TPSA) is 41.6 Å². The van der Waals surface area contributed by atoms with Crippen LogP contribution in [0.25, 0.3) is 0 Å². The molecule has 0 unspecified atom stereocenters. The van der Waals surface area contributed by atoms with Gasteiger partial charge in [-0.25, -0.2) is 0 Å². The zero-order valence-corrected chi connectivity index (χ0v) is 12.2. The highest BCUT2D eigenvalue weighted by Gasteiger charge is 2.00. The standard InChI is InChI=1S/C14H31N3/c1-5-17(6-2)14(15)16-12-10-8-7-9-11-13(3)4/h13H,5-12H2,1-4H3,(H2,15,16). The van der Waals surface area contributed by atoms with E-state index in [1.54, 1.807) is 0 Å². The van der Waals surface area contributed by atoms with Gasteiger partial charge in [0.05, 0.1) is 0 Å². The molecule has 0 aromatic rings. The molecule has 0 aliphatic carbocycles. The summed E-state index contributed by atoms with van der Waals surface area (Å²) in [7, 11) is 0. The second kappa shape index (κ2) is 10.4. The predicted octanol–water partition coefficient (Wildman–Crippen LogP) is 3.25. The fourth-order valence-electron chi connectivity index (χ4n) is 1.86. The SMILES string of the molecule is CCN(CC)C(N)=NCCCCCCC(C)C. The maximum Gasteiger partial charge on any atom is 0.191 e. The van der Waals surface area contributed by atoms with E-state index in [1.165, 1.54) is 32.1 Å². The minimum Gasteiger partial charge on any atom is -0.370 e. The van der Waals surface area contributed by atoms with E-state index in [4.69, 9.17) is 5.73 Å². The Balaban J connectivity index is 3.52. The first-order valence-electron chi connectivity index (χ1n) is 7.16. The molecule has 0 aromatic carbocycles. The van der Waals surface area contributed by atoms with Crippen molar-refractivity contribution >= 4 is 5.96 Å². The van der Waals surface area contributed by atoms with Crippen molar-refractivity contribution in [2.75, 3.05) is 19.6 Å². The number of nitrogens with two attached hydrogens (primary N) is 1. The molecule has 0 fully saturated rings. The molecule has 0 rings (SSSR count). The van der Waals surface area contributed by atoms with Crippen molar-refractivity contribution in [1.29, 1.82) is 0 Å². The summed E-state index contributed by atoms with van der Waals surface area (Å²) in [5, 5.41) is 0. The van der Waals surface area contributed by atoms with Crippen molar-refractivity contribution in [3.05, 3.63) is 0 Å². The van der Waals surface area contributed by atoms with Crippen LogP contribution >= 0.6 is 0 Å². The van der Waals surface area contributed by atoms with Crippen LogP contribution < -0.4 is 5.73 Å². The first kappa shape index (κ1) is 16.3. The van der Waals surface area contributed by atoms with Gasteiger partial charge in [-0.1, -0.05) is 39.5 Å². The third kappa shape index (κ3) is 9.02. The molecule has 17 heavy (non-hydrogen) atoms. The van der Waals surface area contributed by atoms with E-state index in [0.717, 1.165) is 25.6 Å². The number of hydrogen-bond donors (Lipinski definition) is 1. The van der Waals surface area contributed by atoms with E-state index in [0.29, 0.717) is 5.96 Å². The molecule has 2 N–H and O–H groups in total. The van der Waals surface area contributed by atoms with Crippen molar-refractivity contribution in [2.45, 2.75) is 59.8 Å². The average Bonchev–Trinajstić information content (AvgIpc) is 2.29. The minimum absolute atomic E-state index is 0.706. The Labute approximate surface area is 107 Å².